The second-order valence-electron chi connectivity index (χ2n) is 9.51. The maximum Gasteiger partial charge on any atom is 0.252 e. The van der Waals surface area contributed by atoms with Gasteiger partial charge in [0.05, 0.1) is 23.3 Å². The average Bonchev–Trinajstić information content (AvgIpc) is 3.37. The number of rotatable bonds is 5. The summed E-state index contributed by atoms with van der Waals surface area (Å²) in [5, 5.41) is 8.10. The van der Waals surface area contributed by atoms with Gasteiger partial charge in [-0.1, -0.05) is 0 Å². The Morgan fingerprint density at radius 1 is 1.09 bits per heavy atom. The molecular weight excluding hydrogens is 440 g/mol. The summed E-state index contributed by atoms with van der Waals surface area (Å²) < 4.78 is 36.2. The number of ether oxygens (including phenoxy) is 1. The van der Waals surface area contributed by atoms with Crippen molar-refractivity contribution < 1.29 is 13.5 Å². The molecule has 2 fully saturated rings. The molecule has 4 heterocycles. The Balaban J connectivity index is 1.28. The lowest BCUT2D eigenvalue weighted by Crippen LogP contribution is -2.37. The Kier molecular flexibility index (Phi) is 5.02. The number of hydrogen-bond acceptors (Lipinski definition) is 6. The average molecular weight is 468 g/mol. The summed E-state index contributed by atoms with van der Waals surface area (Å²) >= 11 is 0. The summed E-state index contributed by atoms with van der Waals surface area (Å²) in [6, 6.07) is 4.05. The third-order valence-electron chi connectivity index (χ3n) is 7.23. The zero-order valence-corrected chi connectivity index (χ0v) is 19.2. The Bertz CT molecular complexity index is 1350. The highest BCUT2D eigenvalue weighted by molar-refractivity contribution is 5.85. The van der Waals surface area contributed by atoms with Crippen LogP contribution in [0.5, 0.6) is 0 Å². The zero-order valence-electron chi connectivity index (χ0n) is 19.2. The van der Waals surface area contributed by atoms with E-state index >= 15 is 0 Å². The maximum atomic E-state index is 13.5. The minimum Gasteiger partial charge on any atom is -0.381 e. The van der Waals surface area contributed by atoms with Gasteiger partial charge in [-0.05, 0) is 44.7 Å². The number of pyridine rings is 1. The van der Waals surface area contributed by atoms with Crippen LogP contribution in [-0.4, -0.2) is 54.3 Å². The van der Waals surface area contributed by atoms with Gasteiger partial charge < -0.3 is 14.6 Å². The van der Waals surface area contributed by atoms with Crippen LogP contribution in [0.3, 0.4) is 0 Å². The van der Waals surface area contributed by atoms with Crippen molar-refractivity contribution in [3.05, 3.63) is 36.5 Å². The second kappa shape index (κ2) is 7.97. The number of methoxy groups -OCH3 is 1. The van der Waals surface area contributed by atoms with Crippen LogP contribution in [0.4, 0.5) is 14.7 Å². The number of alkyl halides is 2. The van der Waals surface area contributed by atoms with Crippen molar-refractivity contribution in [2.45, 2.75) is 69.6 Å². The predicted molar refractivity (Wildman–Crippen MR) is 124 cm³/mol. The molecule has 178 valence electrons. The van der Waals surface area contributed by atoms with Gasteiger partial charge >= 0.3 is 0 Å². The normalized spacial score (nSPS) is 22.8. The molecule has 2 saturated carbocycles. The van der Waals surface area contributed by atoms with E-state index in [0.29, 0.717) is 29.6 Å². The summed E-state index contributed by atoms with van der Waals surface area (Å²) in [6.45, 7) is 1.84. The lowest BCUT2D eigenvalue weighted by molar-refractivity contribution is -0.103. The molecule has 0 bridgehead atoms. The number of anilines is 1. The molecule has 0 spiro atoms. The highest BCUT2D eigenvalue weighted by atomic mass is 19.3. The van der Waals surface area contributed by atoms with Crippen LogP contribution in [0.25, 0.3) is 27.8 Å². The molecule has 1 N–H and O–H groups in total. The summed E-state index contributed by atoms with van der Waals surface area (Å²) in [6.07, 6.45) is 9.64. The first-order valence-corrected chi connectivity index (χ1v) is 11.8. The van der Waals surface area contributed by atoms with E-state index in [4.69, 9.17) is 4.74 Å². The zero-order chi connectivity index (χ0) is 23.4. The molecule has 0 aliphatic heterocycles. The van der Waals surface area contributed by atoms with E-state index in [1.54, 1.807) is 13.3 Å². The lowest BCUT2D eigenvalue weighted by atomic mass is 9.87. The molecule has 6 rings (SSSR count). The number of nitrogens with zero attached hydrogens (tertiary/aromatic N) is 6. The Morgan fingerprint density at radius 3 is 2.62 bits per heavy atom. The smallest absolute Gasteiger partial charge is 0.252 e. The fourth-order valence-electron chi connectivity index (χ4n) is 5.35. The lowest BCUT2D eigenvalue weighted by Gasteiger charge is -2.36. The van der Waals surface area contributed by atoms with Gasteiger partial charge in [-0.15, -0.1) is 5.10 Å². The van der Waals surface area contributed by atoms with Gasteiger partial charge in [0.15, 0.2) is 5.65 Å². The van der Waals surface area contributed by atoms with E-state index in [0.717, 1.165) is 47.8 Å². The summed E-state index contributed by atoms with van der Waals surface area (Å²) in [4.78, 5) is 13.6. The Morgan fingerprint density at radius 2 is 1.88 bits per heavy atom. The fourth-order valence-corrected chi connectivity index (χ4v) is 5.35. The minimum atomic E-state index is -2.59. The Labute approximate surface area is 195 Å². The molecule has 34 heavy (non-hydrogen) atoms. The third kappa shape index (κ3) is 3.70. The van der Waals surface area contributed by atoms with Crippen molar-refractivity contribution in [2.24, 2.45) is 0 Å². The van der Waals surface area contributed by atoms with Gasteiger partial charge in [0.25, 0.3) is 5.92 Å². The van der Waals surface area contributed by atoms with Crippen molar-refractivity contribution in [1.82, 2.24) is 29.1 Å². The van der Waals surface area contributed by atoms with E-state index in [-0.39, 0.29) is 18.9 Å². The van der Waals surface area contributed by atoms with E-state index in [9.17, 15) is 8.78 Å². The first-order valence-electron chi connectivity index (χ1n) is 11.8. The van der Waals surface area contributed by atoms with Gasteiger partial charge in [0.2, 0.25) is 5.95 Å². The van der Waals surface area contributed by atoms with Gasteiger partial charge in [0, 0.05) is 55.6 Å². The first-order chi connectivity index (χ1) is 16.4. The molecular formula is C24H27F2N7O. The molecule has 0 saturated heterocycles. The van der Waals surface area contributed by atoms with Gasteiger partial charge in [-0.2, -0.15) is 0 Å². The number of fused-ring (bicyclic) bond motifs is 2. The minimum absolute atomic E-state index is 0.157. The van der Waals surface area contributed by atoms with E-state index < -0.39 is 5.92 Å². The molecule has 4 aromatic heterocycles. The molecule has 0 amide bonds. The molecule has 2 aliphatic rings. The molecule has 2 aliphatic carbocycles. The second-order valence-corrected chi connectivity index (χ2v) is 9.51. The van der Waals surface area contributed by atoms with Crippen molar-refractivity contribution >= 4 is 22.6 Å². The van der Waals surface area contributed by atoms with Crippen molar-refractivity contribution in [1.29, 1.82) is 0 Å². The Hall–Kier alpha value is -3.14. The van der Waals surface area contributed by atoms with Crippen LogP contribution in [0.1, 0.15) is 50.4 Å². The van der Waals surface area contributed by atoms with Crippen LogP contribution in [0.2, 0.25) is 0 Å². The molecule has 10 heteroatoms. The molecule has 4 aromatic rings. The number of aromatic nitrogens is 6. The van der Waals surface area contributed by atoms with Crippen LogP contribution >= 0.6 is 0 Å². The van der Waals surface area contributed by atoms with Crippen LogP contribution in [0.15, 0.2) is 30.7 Å². The monoisotopic (exact) mass is 467 g/mol. The summed E-state index contributed by atoms with van der Waals surface area (Å²) in [5.41, 5.74) is 4.02. The van der Waals surface area contributed by atoms with Gasteiger partial charge in [-0.25, -0.2) is 28.2 Å². The van der Waals surface area contributed by atoms with E-state index in [1.807, 2.05) is 40.5 Å². The highest BCUT2D eigenvalue weighted by Gasteiger charge is 2.47. The molecule has 0 radical (unpaired) electrons. The molecule has 0 unspecified atom stereocenters. The first kappa shape index (κ1) is 21.4. The molecule has 8 nitrogen and oxygen atoms in total. The summed E-state index contributed by atoms with van der Waals surface area (Å²) in [5.74, 6) is -1.28. The van der Waals surface area contributed by atoms with E-state index in [1.165, 1.54) is 0 Å². The highest BCUT2D eigenvalue weighted by Crippen LogP contribution is 2.47. The number of hydrogen-bond donors (Lipinski definition) is 1. The summed E-state index contributed by atoms with van der Waals surface area (Å²) in [7, 11) is 1.77. The van der Waals surface area contributed by atoms with Gasteiger partial charge in [0.1, 0.15) is 5.82 Å². The van der Waals surface area contributed by atoms with E-state index in [2.05, 4.69) is 25.4 Å². The fraction of sp³-hybridized carbons (Fsp3) is 0.500. The van der Waals surface area contributed by atoms with Crippen molar-refractivity contribution in [2.75, 3.05) is 12.4 Å². The maximum absolute atomic E-state index is 13.5. The number of nitrogens with one attached hydrogen (secondary N) is 1. The quantitative estimate of drug-likeness (QED) is 0.455. The SMILES string of the molecule is CO[C@H]1CC[C@H](Nc2ncc3c(-c4cnc5nc(C)n(C6CC(F)(F)C6)c5c4)ccn3n2)CC1. The predicted octanol–water partition coefficient (Wildman–Crippen LogP) is 4.79. The number of halogens is 2. The number of imidazole rings is 1. The van der Waals surface area contributed by atoms with Crippen LogP contribution in [-0.2, 0) is 4.74 Å². The van der Waals surface area contributed by atoms with Crippen molar-refractivity contribution in [3.63, 3.8) is 0 Å². The molecule has 0 aromatic carbocycles. The van der Waals surface area contributed by atoms with Crippen molar-refractivity contribution in [3.8, 4) is 11.1 Å². The largest absolute Gasteiger partial charge is 0.381 e. The van der Waals surface area contributed by atoms with Gasteiger partial charge in [-0.3, -0.25) is 0 Å². The van der Waals surface area contributed by atoms with Crippen LogP contribution in [0, 0.1) is 6.92 Å². The third-order valence-corrected chi connectivity index (χ3v) is 7.23. The van der Waals surface area contributed by atoms with Crippen LogP contribution < -0.4 is 5.32 Å². The number of aryl methyl sites for hydroxylation is 1. The topological polar surface area (TPSA) is 82.2 Å². The molecule has 0 atom stereocenters. The standard InChI is InChI=1S/C24H27F2N7O/c1-14-29-22-20(33(14)17-10-24(25,26)11-17)9-15(12-27-22)19-7-8-32-21(19)13-28-23(31-32)30-16-3-5-18(34-2)6-4-16/h7-9,12-13,16-18H,3-6,10-11H2,1-2H3,(H,30,31)/t16-,18-.